The molecule has 1 heterocycles. The molecule has 1 fully saturated rings. The van der Waals surface area contributed by atoms with Gasteiger partial charge < -0.3 is 15.0 Å². The van der Waals surface area contributed by atoms with Crippen LogP contribution in [0.3, 0.4) is 0 Å². The Kier molecular flexibility index (Phi) is 6.05. The minimum absolute atomic E-state index is 0.0426. The summed E-state index contributed by atoms with van der Waals surface area (Å²) in [6.45, 7) is 2.97. The molecule has 0 radical (unpaired) electrons. The molecule has 5 heteroatoms. The van der Waals surface area contributed by atoms with Crippen LogP contribution >= 0.6 is 0 Å². The van der Waals surface area contributed by atoms with Crippen molar-refractivity contribution in [3.8, 4) is 0 Å². The number of hydrogen-bond donors (Lipinski definition) is 1. The Bertz CT molecular complexity index is 373. The van der Waals surface area contributed by atoms with E-state index in [4.69, 9.17) is 4.74 Å². The summed E-state index contributed by atoms with van der Waals surface area (Å²) in [5, 5.41) is 2.84. The van der Waals surface area contributed by atoms with Gasteiger partial charge in [-0.25, -0.2) is 0 Å². The Morgan fingerprint density at radius 1 is 1.25 bits per heavy atom. The van der Waals surface area contributed by atoms with Crippen LogP contribution in [0.2, 0.25) is 0 Å². The summed E-state index contributed by atoms with van der Waals surface area (Å²) in [4.78, 5) is 25.3. The van der Waals surface area contributed by atoms with Crippen molar-refractivity contribution in [3.05, 3.63) is 11.6 Å². The number of nitrogens with zero attached hydrogens (tertiary/aromatic N) is 1. The first kappa shape index (κ1) is 15.0. The van der Waals surface area contributed by atoms with Gasteiger partial charge in [0, 0.05) is 19.6 Å². The monoisotopic (exact) mass is 280 g/mol. The normalized spacial score (nSPS) is 19.4. The Balaban J connectivity index is 1.62. The first-order chi connectivity index (χ1) is 9.75. The number of ether oxygens (including phenoxy) is 1. The molecule has 0 bridgehead atoms. The fourth-order valence-electron chi connectivity index (χ4n) is 2.62. The van der Waals surface area contributed by atoms with E-state index >= 15 is 0 Å². The predicted molar refractivity (Wildman–Crippen MR) is 76.2 cm³/mol. The van der Waals surface area contributed by atoms with Crippen LogP contribution in [0.15, 0.2) is 11.6 Å². The van der Waals surface area contributed by atoms with Gasteiger partial charge in [0.2, 0.25) is 11.8 Å². The summed E-state index contributed by atoms with van der Waals surface area (Å²) in [7, 11) is 0. The van der Waals surface area contributed by atoms with Gasteiger partial charge in [0.25, 0.3) is 0 Å². The lowest BCUT2D eigenvalue weighted by molar-refractivity contribution is -0.139. The van der Waals surface area contributed by atoms with Crippen molar-refractivity contribution in [1.29, 1.82) is 0 Å². The molecule has 0 atom stereocenters. The predicted octanol–water partition coefficient (Wildman–Crippen LogP) is 1.24. The van der Waals surface area contributed by atoms with Crippen LogP contribution in [0.1, 0.15) is 38.5 Å². The van der Waals surface area contributed by atoms with E-state index in [0.29, 0.717) is 32.8 Å². The number of carbonyl (C=O) groups excluding carboxylic acids is 2. The van der Waals surface area contributed by atoms with Crippen LogP contribution in [0, 0.1) is 0 Å². The smallest absolute Gasteiger partial charge is 0.232 e. The minimum Gasteiger partial charge on any atom is -0.378 e. The van der Waals surface area contributed by atoms with Crippen molar-refractivity contribution in [3.63, 3.8) is 0 Å². The van der Waals surface area contributed by atoms with Gasteiger partial charge in [-0.1, -0.05) is 11.6 Å². The van der Waals surface area contributed by atoms with Crippen LogP contribution in [0.4, 0.5) is 0 Å². The lowest BCUT2D eigenvalue weighted by atomic mass is 9.97. The molecule has 2 rings (SSSR count). The number of carbonyl (C=O) groups is 2. The van der Waals surface area contributed by atoms with Gasteiger partial charge in [-0.2, -0.15) is 0 Å². The second kappa shape index (κ2) is 8.04. The van der Waals surface area contributed by atoms with Crippen LogP contribution in [-0.2, 0) is 14.3 Å². The van der Waals surface area contributed by atoms with E-state index in [9.17, 15) is 9.59 Å². The maximum absolute atomic E-state index is 11.9. The van der Waals surface area contributed by atoms with Crippen molar-refractivity contribution in [2.75, 3.05) is 32.8 Å². The standard InChI is InChI=1S/C15H24N2O3/c18-14(12-15(19)17-8-10-20-11-9-17)16-7-6-13-4-2-1-3-5-13/h4H,1-3,5-12H2,(H,16,18). The van der Waals surface area contributed by atoms with Crippen molar-refractivity contribution >= 4 is 11.8 Å². The molecule has 0 aromatic rings. The molecule has 2 amide bonds. The Hall–Kier alpha value is -1.36. The van der Waals surface area contributed by atoms with Crippen LogP contribution in [0.5, 0.6) is 0 Å². The van der Waals surface area contributed by atoms with E-state index in [2.05, 4.69) is 11.4 Å². The molecule has 0 unspecified atom stereocenters. The second-order valence-corrected chi connectivity index (χ2v) is 5.38. The fourth-order valence-corrected chi connectivity index (χ4v) is 2.62. The van der Waals surface area contributed by atoms with Crippen LogP contribution < -0.4 is 5.32 Å². The number of rotatable bonds is 5. The van der Waals surface area contributed by atoms with E-state index < -0.39 is 0 Å². The molecular weight excluding hydrogens is 256 g/mol. The van der Waals surface area contributed by atoms with Crippen molar-refractivity contribution in [2.24, 2.45) is 0 Å². The summed E-state index contributed by atoms with van der Waals surface area (Å²) in [6, 6.07) is 0. The zero-order valence-electron chi connectivity index (χ0n) is 12.0. The minimum atomic E-state index is -0.169. The number of hydrogen-bond acceptors (Lipinski definition) is 3. The molecule has 1 aliphatic heterocycles. The first-order valence-electron chi connectivity index (χ1n) is 7.56. The molecule has 1 aliphatic carbocycles. The Morgan fingerprint density at radius 2 is 2.05 bits per heavy atom. The Morgan fingerprint density at radius 3 is 2.75 bits per heavy atom. The molecule has 5 nitrogen and oxygen atoms in total. The molecule has 1 saturated heterocycles. The third-order valence-electron chi connectivity index (χ3n) is 3.83. The lowest BCUT2D eigenvalue weighted by Gasteiger charge is -2.26. The lowest BCUT2D eigenvalue weighted by Crippen LogP contribution is -2.42. The highest BCUT2D eigenvalue weighted by atomic mass is 16.5. The maximum atomic E-state index is 11.9. The Labute approximate surface area is 120 Å². The quantitative estimate of drug-likeness (QED) is 0.609. The molecule has 0 saturated carbocycles. The number of nitrogens with one attached hydrogen (secondary N) is 1. The van der Waals surface area contributed by atoms with E-state index in [1.807, 2.05) is 0 Å². The van der Waals surface area contributed by atoms with Gasteiger partial charge in [0.1, 0.15) is 6.42 Å². The topological polar surface area (TPSA) is 58.6 Å². The van der Waals surface area contributed by atoms with E-state index in [1.54, 1.807) is 4.90 Å². The number of morpholine rings is 1. The molecule has 1 N–H and O–H groups in total. The fraction of sp³-hybridized carbons (Fsp3) is 0.733. The average Bonchev–Trinajstić information content (AvgIpc) is 2.49. The molecule has 20 heavy (non-hydrogen) atoms. The summed E-state index contributed by atoms with van der Waals surface area (Å²) < 4.78 is 5.19. The SMILES string of the molecule is O=C(CC(=O)N1CCOCC1)NCCC1=CCCCC1. The zero-order valence-corrected chi connectivity index (χ0v) is 12.0. The van der Waals surface area contributed by atoms with Gasteiger partial charge in [-0.3, -0.25) is 9.59 Å². The second-order valence-electron chi connectivity index (χ2n) is 5.38. The molecule has 112 valence electrons. The first-order valence-corrected chi connectivity index (χ1v) is 7.56. The highest BCUT2D eigenvalue weighted by Gasteiger charge is 2.19. The largest absolute Gasteiger partial charge is 0.378 e. The summed E-state index contributed by atoms with van der Waals surface area (Å²) >= 11 is 0. The van der Waals surface area contributed by atoms with Crippen LogP contribution in [0.25, 0.3) is 0 Å². The summed E-state index contributed by atoms with van der Waals surface area (Å²) in [5.41, 5.74) is 1.44. The molecule has 0 spiro atoms. The van der Waals surface area contributed by atoms with Gasteiger partial charge in [-0.15, -0.1) is 0 Å². The van der Waals surface area contributed by atoms with E-state index in [-0.39, 0.29) is 18.2 Å². The van der Waals surface area contributed by atoms with Crippen molar-refractivity contribution < 1.29 is 14.3 Å². The average molecular weight is 280 g/mol. The number of allylic oxidation sites excluding steroid dienone is 1. The molecular formula is C15H24N2O3. The van der Waals surface area contributed by atoms with Crippen LogP contribution in [-0.4, -0.2) is 49.6 Å². The highest BCUT2D eigenvalue weighted by molar-refractivity contribution is 5.96. The van der Waals surface area contributed by atoms with E-state index in [1.165, 1.54) is 24.8 Å². The third kappa shape index (κ3) is 4.96. The van der Waals surface area contributed by atoms with E-state index in [0.717, 1.165) is 12.8 Å². The third-order valence-corrected chi connectivity index (χ3v) is 3.83. The van der Waals surface area contributed by atoms with Gasteiger partial charge in [0.15, 0.2) is 0 Å². The van der Waals surface area contributed by atoms with Crippen molar-refractivity contribution in [1.82, 2.24) is 10.2 Å². The summed E-state index contributed by atoms with van der Waals surface area (Å²) in [5.74, 6) is -0.263. The van der Waals surface area contributed by atoms with Gasteiger partial charge in [-0.05, 0) is 32.1 Å². The van der Waals surface area contributed by atoms with Crippen molar-refractivity contribution in [2.45, 2.75) is 38.5 Å². The maximum Gasteiger partial charge on any atom is 0.232 e. The molecule has 2 aliphatic rings. The molecule has 0 aromatic carbocycles. The molecule has 0 aromatic heterocycles. The van der Waals surface area contributed by atoms with Gasteiger partial charge >= 0.3 is 0 Å². The number of amides is 2. The summed E-state index contributed by atoms with van der Waals surface area (Å²) in [6.07, 6.45) is 8.02. The van der Waals surface area contributed by atoms with Gasteiger partial charge in [0.05, 0.1) is 13.2 Å². The zero-order chi connectivity index (χ0) is 14.2. The highest BCUT2D eigenvalue weighted by Crippen LogP contribution is 2.19.